The van der Waals surface area contributed by atoms with Crippen LogP contribution in [-0.4, -0.2) is 16.5 Å². The molecule has 2 aliphatic carbocycles. The maximum absolute atomic E-state index is 11.5. The summed E-state index contributed by atoms with van der Waals surface area (Å²) < 4.78 is 0. The van der Waals surface area contributed by atoms with Crippen molar-refractivity contribution in [3.8, 4) is 0 Å². The quantitative estimate of drug-likeness (QED) is 0.740. The van der Waals surface area contributed by atoms with E-state index in [0.29, 0.717) is 30.6 Å². The maximum Gasteiger partial charge on any atom is 0.155 e. The molecule has 0 amide bonds. The highest BCUT2D eigenvalue weighted by molar-refractivity contribution is 5.92. The van der Waals surface area contributed by atoms with E-state index < -0.39 is 5.60 Å². The predicted molar refractivity (Wildman–Crippen MR) is 64.0 cm³/mol. The zero-order valence-corrected chi connectivity index (χ0v) is 10.5. The second-order valence-electron chi connectivity index (χ2n) is 5.82. The van der Waals surface area contributed by atoms with Gasteiger partial charge in [0.25, 0.3) is 0 Å². The number of carbonyl (C=O) groups excluding carboxylic acids is 1. The highest BCUT2D eigenvalue weighted by Crippen LogP contribution is 2.48. The van der Waals surface area contributed by atoms with Gasteiger partial charge in [0.05, 0.1) is 5.60 Å². The molecule has 0 unspecified atom stereocenters. The van der Waals surface area contributed by atoms with E-state index in [-0.39, 0.29) is 5.78 Å². The van der Waals surface area contributed by atoms with Gasteiger partial charge in [-0.15, -0.1) is 0 Å². The van der Waals surface area contributed by atoms with Crippen molar-refractivity contribution in [2.75, 3.05) is 0 Å². The Balaban J connectivity index is 2.40. The van der Waals surface area contributed by atoms with Crippen molar-refractivity contribution in [3.05, 3.63) is 11.6 Å². The first-order valence-electron chi connectivity index (χ1n) is 6.42. The normalized spacial score (nSPS) is 39.6. The van der Waals surface area contributed by atoms with Crippen LogP contribution >= 0.6 is 0 Å². The number of carbonyl (C=O) groups is 1. The van der Waals surface area contributed by atoms with E-state index in [1.54, 1.807) is 6.08 Å². The second kappa shape index (κ2) is 3.99. The summed E-state index contributed by atoms with van der Waals surface area (Å²) in [5.74, 6) is 1.39. The Labute approximate surface area is 97.7 Å². The highest BCUT2D eigenvalue weighted by Gasteiger charge is 2.46. The number of hydrogen-bond donors (Lipinski definition) is 1. The van der Waals surface area contributed by atoms with Gasteiger partial charge in [0.2, 0.25) is 0 Å². The van der Waals surface area contributed by atoms with Crippen LogP contribution in [0.4, 0.5) is 0 Å². The molecule has 0 radical (unpaired) electrons. The molecule has 0 aromatic carbocycles. The van der Waals surface area contributed by atoms with E-state index >= 15 is 0 Å². The molecule has 1 saturated carbocycles. The van der Waals surface area contributed by atoms with Crippen LogP contribution in [0, 0.1) is 17.8 Å². The summed E-state index contributed by atoms with van der Waals surface area (Å²) in [6.45, 7) is 6.47. The SMILES string of the molecule is CC(C)[C@@H]1CC[C@@H](C)[C@]2(O)CCC(=O)C=C12. The summed E-state index contributed by atoms with van der Waals surface area (Å²) in [6.07, 6.45) is 5.06. The van der Waals surface area contributed by atoms with Gasteiger partial charge in [0, 0.05) is 6.42 Å². The molecule has 0 aliphatic heterocycles. The van der Waals surface area contributed by atoms with Crippen molar-refractivity contribution in [1.82, 2.24) is 0 Å². The molecule has 0 spiro atoms. The molecule has 2 heteroatoms. The number of ketones is 1. The summed E-state index contributed by atoms with van der Waals surface area (Å²) in [5.41, 5.74) is 0.332. The molecule has 0 aromatic heterocycles. The molecule has 1 fully saturated rings. The number of allylic oxidation sites excluding steroid dienone is 1. The van der Waals surface area contributed by atoms with E-state index in [2.05, 4.69) is 20.8 Å². The van der Waals surface area contributed by atoms with Gasteiger partial charge in [0.15, 0.2) is 5.78 Å². The topological polar surface area (TPSA) is 37.3 Å². The molecule has 0 heterocycles. The lowest BCUT2D eigenvalue weighted by atomic mass is 9.61. The largest absolute Gasteiger partial charge is 0.385 e. The molecule has 2 rings (SSSR count). The van der Waals surface area contributed by atoms with Crippen LogP contribution in [0.2, 0.25) is 0 Å². The van der Waals surface area contributed by atoms with E-state index in [4.69, 9.17) is 0 Å². The third-order valence-electron chi connectivity index (χ3n) is 4.50. The lowest BCUT2D eigenvalue weighted by molar-refractivity contribution is -0.118. The van der Waals surface area contributed by atoms with Crippen LogP contribution in [-0.2, 0) is 4.79 Å². The first kappa shape index (κ1) is 11.8. The first-order valence-corrected chi connectivity index (χ1v) is 6.42. The molecule has 16 heavy (non-hydrogen) atoms. The van der Waals surface area contributed by atoms with Crippen LogP contribution in [0.25, 0.3) is 0 Å². The summed E-state index contributed by atoms with van der Waals surface area (Å²) >= 11 is 0. The molecule has 0 saturated heterocycles. The Morgan fingerprint density at radius 3 is 2.75 bits per heavy atom. The van der Waals surface area contributed by atoms with Gasteiger partial charge in [-0.3, -0.25) is 4.79 Å². The fourth-order valence-corrected chi connectivity index (χ4v) is 3.30. The Bertz CT molecular complexity index is 330. The highest BCUT2D eigenvalue weighted by atomic mass is 16.3. The minimum Gasteiger partial charge on any atom is -0.385 e. The summed E-state index contributed by atoms with van der Waals surface area (Å²) in [6, 6.07) is 0. The Morgan fingerprint density at radius 1 is 1.44 bits per heavy atom. The van der Waals surface area contributed by atoms with Gasteiger partial charge in [-0.25, -0.2) is 0 Å². The average molecular weight is 222 g/mol. The molecule has 3 atom stereocenters. The summed E-state index contributed by atoms with van der Waals surface area (Å²) in [4.78, 5) is 11.5. The van der Waals surface area contributed by atoms with Crippen molar-refractivity contribution in [3.63, 3.8) is 0 Å². The lowest BCUT2D eigenvalue weighted by Gasteiger charge is -2.47. The van der Waals surface area contributed by atoms with E-state index in [0.717, 1.165) is 18.4 Å². The van der Waals surface area contributed by atoms with Crippen LogP contribution in [0.15, 0.2) is 11.6 Å². The van der Waals surface area contributed by atoms with Crippen molar-refractivity contribution < 1.29 is 9.90 Å². The van der Waals surface area contributed by atoms with Gasteiger partial charge >= 0.3 is 0 Å². The van der Waals surface area contributed by atoms with Crippen LogP contribution in [0.3, 0.4) is 0 Å². The third-order valence-corrected chi connectivity index (χ3v) is 4.50. The van der Waals surface area contributed by atoms with E-state index in [1.807, 2.05) is 0 Å². The number of fused-ring (bicyclic) bond motifs is 1. The molecular formula is C14H22O2. The van der Waals surface area contributed by atoms with Crippen LogP contribution < -0.4 is 0 Å². The predicted octanol–water partition coefficient (Wildman–Crippen LogP) is 2.71. The molecule has 90 valence electrons. The monoisotopic (exact) mass is 222 g/mol. The average Bonchev–Trinajstić information content (AvgIpc) is 2.21. The van der Waals surface area contributed by atoms with Gasteiger partial charge in [0.1, 0.15) is 0 Å². The molecule has 0 aromatic rings. The first-order chi connectivity index (χ1) is 7.45. The number of aliphatic hydroxyl groups is 1. The van der Waals surface area contributed by atoms with Crippen molar-refractivity contribution in [2.24, 2.45) is 17.8 Å². The van der Waals surface area contributed by atoms with Crippen molar-refractivity contribution >= 4 is 5.78 Å². The standard InChI is InChI=1S/C14H22O2/c1-9(2)12-5-4-10(3)14(16)7-6-11(15)8-13(12)14/h8-10,12,16H,4-7H2,1-3H3/t10-,12+,14-/m1/s1. The number of hydrogen-bond acceptors (Lipinski definition) is 2. The third kappa shape index (κ3) is 1.73. The van der Waals surface area contributed by atoms with Crippen molar-refractivity contribution in [1.29, 1.82) is 0 Å². The number of rotatable bonds is 1. The molecule has 1 N–H and O–H groups in total. The van der Waals surface area contributed by atoms with Gasteiger partial charge in [-0.2, -0.15) is 0 Å². The molecule has 2 nitrogen and oxygen atoms in total. The second-order valence-corrected chi connectivity index (χ2v) is 5.82. The van der Waals surface area contributed by atoms with Gasteiger partial charge < -0.3 is 5.11 Å². The molecule has 0 bridgehead atoms. The maximum atomic E-state index is 11.5. The molecule has 2 aliphatic rings. The fraction of sp³-hybridized carbons (Fsp3) is 0.786. The summed E-state index contributed by atoms with van der Waals surface area (Å²) in [7, 11) is 0. The van der Waals surface area contributed by atoms with Crippen LogP contribution in [0.5, 0.6) is 0 Å². The van der Waals surface area contributed by atoms with Crippen LogP contribution in [0.1, 0.15) is 46.5 Å². The van der Waals surface area contributed by atoms with Gasteiger partial charge in [-0.1, -0.05) is 20.8 Å². The Hall–Kier alpha value is -0.630. The molecular weight excluding hydrogens is 200 g/mol. The van der Waals surface area contributed by atoms with Gasteiger partial charge in [-0.05, 0) is 48.7 Å². The lowest BCUT2D eigenvalue weighted by Crippen LogP contribution is -2.48. The Morgan fingerprint density at radius 2 is 2.12 bits per heavy atom. The smallest absolute Gasteiger partial charge is 0.155 e. The zero-order valence-electron chi connectivity index (χ0n) is 10.5. The minimum atomic E-state index is -0.693. The Kier molecular flexibility index (Phi) is 2.95. The zero-order chi connectivity index (χ0) is 11.9. The minimum absolute atomic E-state index is 0.194. The summed E-state index contributed by atoms with van der Waals surface area (Å²) in [5, 5.41) is 10.8. The van der Waals surface area contributed by atoms with Crippen molar-refractivity contribution in [2.45, 2.75) is 52.1 Å². The fourth-order valence-electron chi connectivity index (χ4n) is 3.30. The van der Waals surface area contributed by atoms with E-state index in [9.17, 15) is 9.90 Å². The van der Waals surface area contributed by atoms with E-state index in [1.165, 1.54) is 0 Å².